The van der Waals surface area contributed by atoms with E-state index in [2.05, 4.69) is 33.7 Å². The van der Waals surface area contributed by atoms with E-state index in [0.29, 0.717) is 11.6 Å². The first-order chi connectivity index (χ1) is 9.29. The monoisotopic (exact) mass is 255 g/mol. The number of hydrogen-bond acceptors (Lipinski definition) is 3. The summed E-state index contributed by atoms with van der Waals surface area (Å²) in [7, 11) is 0. The van der Waals surface area contributed by atoms with Gasteiger partial charge in [0.05, 0.1) is 12.1 Å². The Morgan fingerprint density at radius 1 is 1.47 bits per heavy atom. The van der Waals surface area contributed by atoms with Crippen LogP contribution in [0.1, 0.15) is 29.6 Å². The van der Waals surface area contributed by atoms with Crippen LogP contribution in [0, 0.1) is 12.3 Å². The third-order valence-electron chi connectivity index (χ3n) is 3.00. The smallest absolute Gasteiger partial charge is 0.253 e. The van der Waals surface area contributed by atoms with Crippen molar-refractivity contribution < 1.29 is 4.79 Å². The average Bonchev–Trinajstić information content (AvgIpc) is 2.46. The van der Waals surface area contributed by atoms with Crippen LogP contribution in [0.5, 0.6) is 0 Å². The summed E-state index contributed by atoms with van der Waals surface area (Å²) in [5.41, 5.74) is 0.518. The van der Waals surface area contributed by atoms with Gasteiger partial charge in [0.15, 0.2) is 0 Å². The van der Waals surface area contributed by atoms with Gasteiger partial charge in [-0.25, -0.2) is 4.98 Å². The fourth-order valence-corrected chi connectivity index (χ4v) is 1.98. The molecule has 0 fully saturated rings. The number of terminal acetylenes is 1. The number of amides is 1. The Balaban J connectivity index is 1.92. The Kier molecular flexibility index (Phi) is 4.57. The lowest BCUT2D eigenvalue weighted by Crippen LogP contribution is -2.24. The summed E-state index contributed by atoms with van der Waals surface area (Å²) >= 11 is 0. The van der Waals surface area contributed by atoms with Crippen LogP contribution in [0.4, 0.5) is 5.82 Å². The largest absolute Gasteiger partial charge is 0.367 e. The normalized spacial score (nSPS) is 17.5. The van der Waals surface area contributed by atoms with E-state index in [1.165, 1.54) is 0 Å². The summed E-state index contributed by atoms with van der Waals surface area (Å²) in [4.78, 5) is 15.9. The van der Waals surface area contributed by atoms with Crippen molar-refractivity contribution in [3.63, 3.8) is 0 Å². The third-order valence-corrected chi connectivity index (χ3v) is 3.00. The van der Waals surface area contributed by atoms with Crippen molar-refractivity contribution in [1.29, 1.82) is 0 Å². The van der Waals surface area contributed by atoms with E-state index in [1.54, 1.807) is 12.3 Å². The number of nitrogens with zero attached hydrogens (tertiary/aromatic N) is 1. The number of pyridine rings is 1. The fourth-order valence-electron chi connectivity index (χ4n) is 1.98. The van der Waals surface area contributed by atoms with E-state index in [-0.39, 0.29) is 12.5 Å². The highest BCUT2D eigenvalue weighted by Gasteiger charge is 2.10. The molecule has 4 heteroatoms. The quantitative estimate of drug-likeness (QED) is 0.639. The highest BCUT2D eigenvalue weighted by atomic mass is 16.1. The minimum absolute atomic E-state index is 0.197. The molecule has 0 saturated carbocycles. The number of carbonyl (C=O) groups excluding carboxylic acids is 1. The van der Waals surface area contributed by atoms with Crippen molar-refractivity contribution >= 4 is 11.7 Å². The molecule has 1 aromatic heterocycles. The van der Waals surface area contributed by atoms with Gasteiger partial charge >= 0.3 is 0 Å². The number of nitrogens with one attached hydrogen (secondary N) is 2. The molecule has 2 N–H and O–H groups in total. The molecule has 2 rings (SSSR count). The van der Waals surface area contributed by atoms with Crippen molar-refractivity contribution in [2.75, 3.05) is 11.9 Å². The average molecular weight is 255 g/mol. The zero-order valence-corrected chi connectivity index (χ0v) is 10.7. The minimum Gasteiger partial charge on any atom is -0.367 e. The first kappa shape index (κ1) is 13.2. The van der Waals surface area contributed by atoms with E-state index in [1.807, 2.05) is 6.07 Å². The first-order valence-electron chi connectivity index (χ1n) is 6.39. The summed E-state index contributed by atoms with van der Waals surface area (Å²) in [6.45, 7) is 0.229. The lowest BCUT2D eigenvalue weighted by atomic mass is 10.0. The van der Waals surface area contributed by atoms with Crippen LogP contribution in [-0.4, -0.2) is 23.5 Å². The molecule has 0 saturated heterocycles. The number of hydrogen-bond donors (Lipinski definition) is 2. The lowest BCUT2D eigenvalue weighted by Gasteiger charge is -2.19. The predicted molar refractivity (Wildman–Crippen MR) is 75.8 cm³/mol. The van der Waals surface area contributed by atoms with Gasteiger partial charge in [0.25, 0.3) is 5.91 Å². The van der Waals surface area contributed by atoms with Gasteiger partial charge in [-0.2, -0.15) is 0 Å². The van der Waals surface area contributed by atoms with Crippen molar-refractivity contribution in [2.45, 2.75) is 25.3 Å². The van der Waals surface area contributed by atoms with E-state index >= 15 is 0 Å². The molecular formula is C15H17N3O. The lowest BCUT2D eigenvalue weighted by molar-refractivity contribution is 0.0958. The molecule has 1 aliphatic carbocycles. The van der Waals surface area contributed by atoms with E-state index in [9.17, 15) is 4.79 Å². The molecule has 4 nitrogen and oxygen atoms in total. The molecule has 19 heavy (non-hydrogen) atoms. The van der Waals surface area contributed by atoms with Gasteiger partial charge in [0.1, 0.15) is 5.82 Å². The Morgan fingerprint density at radius 2 is 2.37 bits per heavy atom. The fraction of sp³-hybridized carbons (Fsp3) is 0.333. The van der Waals surface area contributed by atoms with E-state index in [4.69, 9.17) is 6.42 Å². The Hall–Kier alpha value is -2.28. The number of anilines is 1. The summed E-state index contributed by atoms with van der Waals surface area (Å²) in [6, 6.07) is 4.00. The summed E-state index contributed by atoms with van der Waals surface area (Å²) in [6.07, 6.45) is 14.3. The molecule has 98 valence electrons. The Morgan fingerprint density at radius 3 is 3.00 bits per heavy atom. The SMILES string of the molecule is C#CCNC(=O)c1ccc(NC2CC=CCC2)nc1. The van der Waals surface area contributed by atoms with Gasteiger partial charge in [-0.15, -0.1) is 6.42 Å². The maximum atomic E-state index is 11.6. The van der Waals surface area contributed by atoms with Crippen LogP contribution in [-0.2, 0) is 0 Å². The van der Waals surface area contributed by atoms with Crippen molar-refractivity contribution in [2.24, 2.45) is 0 Å². The Bertz CT molecular complexity index is 499. The second kappa shape index (κ2) is 6.60. The molecule has 0 aliphatic heterocycles. The molecular weight excluding hydrogens is 238 g/mol. The molecule has 1 unspecified atom stereocenters. The van der Waals surface area contributed by atoms with E-state index in [0.717, 1.165) is 25.1 Å². The topological polar surface area (TPSA) is 54.0 Å². The molecule has 0 radical (unpaired) electrons. The summed E-state index contributed by atoms with van der Waals surface area (Å²) in [5, 5.41) is 5.97. The first-order valence-corrected chi connectivity index (χ1v) is 6.39. The molecule has 0 spiro atoms. The highest BCUT2D eigenvalue weighted by molar-refractivity contribution is 5.94. The van der Waals surface area contributed by atoms with Gasteiger partial charge in [-0.05, 0) is 31.4 Å². The maximum absolute atomic E-state index is 11.6. The van der Waals surface area contributed by atoms with Crippen molar-refractivity contribution in [1.82, 2.24) is 10.3 Å². The number of rotatable bonds is 4. The van der Waals surface area contributed by atoms with Crippen LogP contribution in [0.2, 0.25) is 0 Å². The molecule has 1 atom stereocenters. The molecule has 0 aromatic carbocycles. The minimum atomic E-state index is -0.197. The second-order valence-electron chi connectivity index (χ2n) is 4.44. The highest BCUT2D eigenvalue weighted by Crippen LogP contribution is 2.15. The van der Waals surface area contributed by atoms with Crippen LogP contribution in [0.3, 0.4) is 0 Å². The molecule has 1 aliphatic rings. The van der Waals surface area contributed by atoms with Crippen LogP contribution >= 0.6 is 0 Å². The molecule has 0 bridgehead atoms. The molecule has 1 heterocycles. The number of carbonyl (C=O) groups is 1. The number of aromatic nitrogens is 1. The Labute approximate surface area is 113 Å². The second-order valence-corrected chi connectivity index (χ2v) is 4.44. The van der Waals surface area contributed by atoms with E-state index < -0.39 is 0 Å². The standard InChI is InChI=1S/C15H17N3O/c1-2-10-16-15(19)12-8-9-14(17-11-12)18-13-6-4-3-5-7-13/h1,3-4,8-9,11,13H,5-7,10H2,(H,16,19)(H,17,18). The van der Waals surface area contributed by atoms with Gasteiger partial charge in [-0.3, -0.25) is 4.79 Å². The number of allylic oxidation sites excluding steroid dienone is 1. The van der Waals surface area contributed by atoms with Gasteiger partial charge in [-0.1, -0.05) is 18.1 Å². The van der Waals surface area contributed by atoms with Crippen LogP contribution in [0.25, 0.3) is 0 Å². The maximum Gasteiger partial charge on any atom is 0.253 e. The summed E-state index contributed by atoms with van der Waals surface area (Å²) in [5.74, 6) is 2.97. The van der Waals surface area contributed by atoms with Gasteiger partial charge in [0.2, 0.25) is 0 Å². The van der Waals surface area contributed by atoms with Gasteiger partial charge in [0, 0.05) is 12.2 Å². The van der Waals surface area contributed by atoms with Crippen LogP contribution in [0.15, 0.2) is 30.5 Å². The van der Waals surface area contributed by atoms with Crippen LogP contribution < -0.4 is 10.6 Å². The predicted octanol–water partition coefficient (Wildman–Crippen LogP) is 1.97. The molecule has 1 amide bonds. The summed E-state index contributed by atoms with van der Waals surface area (Å²) < 4.78 is 0. The zero-order chi connectivity index (χ0) is 13.5. The zero-order valence-electron chi connectivity index (χ0n) is 10.7. The van der Waals surface area contributed by atoms with Crippen molar-refractivity contribution in [3.8, 4) is 12.3 Å². The third kappa shape index (κ3) is 3.85. The van der Waals surface area contributed by atoms with Crippen molar-refractivity contribution in [3.05, 3.63) is 36.0 Å². The van der Waals surface area contributed by atoms with Gasteiger partial charge < -0.3 is 10.6 Å². The molecule has 1 aromatic rings.